The van der Waals surface area contributed by atoms with Crippen LogP contribution in [0.3, 0.4) is 0 Å². The average Bonchev–Trinajstić information content (AvgIpc) is 3.34. The number of nitriles is 1. The second kappa shape index (κ2) is 11.3. The second-order valence-electron chi connectivity index (χ2n) is 9.50. The van der Waals surface area contributed by atoms with Crippen molar-refractivity contribution in [2.24, 2.45) is 0 Å². The fourth-order valence-electron chi connectivity index (χ4n) is 4.76. The quantitative estimate of drug-likeness (QED) is 0.210. The molecule has 0 radical (unpaired) electrons. The number of hydrogen-bond donors (Lipinski definition) is 2. The molecular weight excluding hydrogens is 545 g/mol. The molecule has 0 fully saturated rings. The van der Waals surface area contributed by atoms with Crippen molar-refractivity contribution in [3.05, 3.63) is 129 Å². The van der Waals surface area contributed by atoms with Crippen LogP contribution in [0.2, 0.25) is 10.0 Å². The molecule has 6 nitrogen and oxygen atoms in total. The summed E-state index contributed by atoms with van der Waals surface area (Å²) in [6, 6.07) is 26.6. The van der Waals surface area contributed by atoms with Crippen LogP contribution < -0.4 is 5.32 Å². The number of benzene rings is 4. The molecular formula is C32H23Cl2N3O3. The third-order valence-electron chi connectivity index (χ3n) is 6.71. The summed E-state index contributed by atoms with van der Waals surface area (Å²) in [5.41, 5.74) is 5.19. The van der Waals surface area contributed by atoms with E-state index in [-0.39, 0.29) is 17.5 Å². The molecule has 0 aliphatic carbocycles. The third kappa shape index (κ3) is 5.72. The molecule has 1 atom stereocenters. The molecule has 5 rings (SSSR count). The summed E-state index contributed by atoms with van der Waals surface area (Å²) in [6.45, 7) is 2.29. The van der Waals surface area contributed by atoms with Gasteiger partial charge in [-0.15, -0.1) is 0 Å². The number of nitrogens with zero attached hydrogens (tertiary/aromatic N) is 2. The number of nitrogens with one attached hydrogen (secondary N) is 1. The number of fused-ring (bicyclic) bond motifs is 1. The van der Waals surface area contributed by atoms with Crippen molar-refractivity contribution in [1.82, 2.24) is 9.88 Å². The number of hydrogen-bond acceptors (Lipinski definition) is 3. The van der Waals surface area contributed by atoms with Gasteiger partial charge in [-0.05, 0) is 89.8 Å². The first-order chi connectivity index (χ1) is 19.2. The summed E-state index contributed by atoms with van der Waals surface area (Å²) in [5.74, 6) is -1.30. The predicted octanol–water partition coefficient (Wildman–Crippen LogP) is 7.72. The van der Waals surface area contributed by atoms with E-state index in [0.717, 1.165) is 33.2 Å². The van der Waals surface area contributed by atoms with E-state index in [2.05, 4.69) is 11.4 Å². The highest BCUT2D eigenvalue weighted by Gasteiger charge is 2.19. The molecule has 1 aromatic heterocycles. The molecule has 0 aliphatic rings. The average molecular weight is 568 g/mol. The van der Waals surface area contributed by atoms with Crippen LogP contribution in [0, 0.1) is 11.3 Å². The van der Waals surface area contributed by atoms with Crippen molar-refractivity contribution in [3.63, 3.8) is 0 Å². The predicted molar refractivity (Wildman–Crippen MR) is 157 cm³/mol. The SMILES string of the molecule is C[C@H](NC(=O)c1cc(-c2cccc(C#N)c2)cc2ccn(Cc3cc(Cl)cc(Cl)c3)c12)c1ccc(C(=O)O)cc1. The van der Waals surface area contributed by atoms with Crippen LogP contribution in [0.25, 0.3) is 22.0 Å². The van der Waals surface area contributed by atoms with Crippen LogP contribution in [0.1, 0.15) is 50.4 Å². The zero-order valence-electron chi connectivity index (χ0n) is 21.4. The highest BCUT2D eigenvalue weighted by Crippen LogP contribution is 2.31. The van der Waals surface area contributed by atoms with Crippen molar-refractivity contribution >= 4 is 46.0 Å². The van der Waals surface area contributed by atoms with Crippen molar-refractivity contribution in [1.29, 1.82) is 5.26 Å². The first-order valence-electron chi connectivity index (χ1n) is 12.4. The number of carboxylic acids is 1. The minimum atomic E-state index is -1.01. The smallest absolute Gasteiger partial charge is 0.335 e. The standard InChI is InChI=1S/C32H23Cl2N3O3/c1-19(22-5-7-23(8-6-22)32(39)40)36-31(38)29-15-26(24-4-2-3-20(11-24)17-35)14-25-9-10-37(30(25)29)18-21-12-27(33)16-28(34)13-21/h2-16,19H,18H2,1H3,(H,36,38)(H,39,40)/t19-/m0/s1. The summed E-state index contributed by atoms with van der Waals surface area (Å²) < 4.78 is 1.98. The second-order valence-corrected chi connectivity index (χ2v) is 10.4. The summed E-state index contributed by atoms with van der Waals surface area (Å²) in [6.07, 6.45) is 1.92. The number of rotatable bonds is 7. The van der Waals surface area contributed by atoms with Crippen LogP contribution in [0.5, 0.6) is 0 Å². The number of carbonyl (C=O) groups excluding carboxylic acids is 1. The molecule has 4 aromatic carbocycles. The van der Waals surface area contributed by atoms with E-state index < -0.39 is 5.97 Å². The maximum atomic E-state index is 13.8. The Hall–Kier alpha value is -4.57. The van der Waals surface area contributed by atoms with Crippen LogP contribution >= 0.6 is 23.2 Å². The Morgan fingerprint density at radius 3 is 2.35 bits per heavy atom. The van der Waals surface area contributed by atoms with E-state index in [0.29, 0.717) is 27.7 Å². The zero-order chi connectivity index (χ0) is 28.4. The Labute approximate surface area is 241 Å². The topological polar surface area (TPSA) is 95.1 Å². The van der Waals surface area contributed by atoms with Crippen molar-refractivity contribution in [2.45, 2.75) is 19.5 Å². The van der Waals surface area contributed by atoms with Crippen LogP contribution in [-0.2, 0) is 6.54 Å². The molecule has 1 amide bonds. The van der Waals surface area contributed by atoms with E-state index in [1.165, 1.54) is 12.1 Å². The summed E-state index contributed by atoms with van der Waals surface area (Å²) in [4.78, 5) is 25.1. The molecule has 0 aliphatic heterocycles. The molecule has 2 N–H and O–H groups in total. The molecule has 0 saturated carbocycles. The third-order valence-corrected chi connectivity index (χ3v) is 7.15. The first-order valence-corrected chi connectivity index (χ1v) is 13.2. The fourth-order valence-corrected chi connectivity index (χ4v) is 5.33. The van der Waals surface area contributed by atoms with Crippen LogP contribution in [0.15, 0.2) is 91.1 Å². The summed E-state index contributed by atoms with van der Waals surface area (Å²) in [7, 11) is 0. The van der Waals surface area contributed by atoms with E-state index >= 15 is 0 Å². The molecule has 8 heteroatoms. The molecule has 198 valence electrons. The lowest BCUT2D eigenvalue weighted by atomic mass is 9.98. The van der Waals surface area contributed by atoms with E-state index in [4.69, 9.17) is 23.2 Å². The van der Waals surface area contributed by atoms with Gasteiger partial charge in [-0.2, -0.15) is 5.26 Å². The minimum Gasteiger partial charge on any atom is -0.478 e. The number of halogens is 2. The lowest BCUT2D eigenvalue weighted by molar-refractivity contribution is 0.0696. The van der Waals surface area contributed by atoms with Gasteiger partial charge in [0.05, 0.1) is 34.3 Å². The molecule has 0 spiro atoms. The van der Waals surface area contributed by atoms with E-state index in [1.54, 1.807) is 30.3 Å². The molecule has 0 saturated heterocycles. The van der Waals surface area contributed by atoms with Gasteiger partial charge in [0.1, 0.15) is 0 Å². The minimum absolute atomic E-state index is 0.176. The van der Waals surface area contributed by atoms with E-state index in [1.807, 2.05) is 60.2 Å². The van der Waals surface area contributed by atoms with Crippen LogP contribution in [0.4, 0.5) is 0 Å². The highest BCUT2D eigenvalue weighted by atomic mass is 35.5. The Balaban J connectivity index is 1.57. The van der Waals surface area contributed by atoms with Crippen LogP contribution in [-0.4, -0.2) is 21.6 Å². The first kappa shape index (κ1) is 27.0. The van der Waals surface area contributed by atoms with Crippen molar-refractivity contribution in [2.75, 3.05) is 0 Å². The van der Waals surface area contributed by atoms with Crippen molar-refractivity contribution in [3.8, 4) is 17.2 Å². The summed E-state index contributed by atoms with van der Waals surface area (Å²) >= 11 is 12.5. The zero-order valence-corrected chi connectivity index (χ0v) is 22.9. The number of aromatic carboxylic acids is 1. The summed E-state index contributed by atoms with van der Waals surface area (Å²) in [5, 5.41) is 23.6. The lowest BCUT2D eigenvalue weighted by Crippen LogP contribution is -2.27. The number of carboxylic acid groups (broad SMARTS) is 1. The molecule has 0 bridgehead atoms. The Morgan fingerprint density at radius 1 is 0.950 bits per heavy atom. The van der Waals surface area contributed by atoms with Gasteiger partial charge in [-0.1, -0.05) is 47.5 Å². The maximum absolute atomic E-state index is 13.8. The fraction of sp³-hybridized carbons (Fsp3) is 0.0938. The Bertz CT molecular complexity index is 1780. The van der Waals surface area contributed by atoms with Gasteiger partial charge in [0.25, 0.3) is 5.91 Å². The highest BCUT2D eigenvalue weighted by molar-refractivity contribution is 6.34. The molecule has 40 heavy (non-hydrogen) atoms. The van der Waals surface area contributed by atoms with Gasteiger partial charge in [0, 0.05) is 28.2 Å². The van der Waals surface area contributed by atoms with Gasteiger partial charge in [0.2, 0.25) is 0 Å². The monoisotopic (exact) mass is 567 g/mol. The Morgan fingerprint density at radius 2 is 1.68 bits per heavy atom. The molecule has 1 heterocycles. The maximum Gasteiger partial charge on any atom is 0.335 e. The van der Waals surface area contributed by atoms with Crippen molar-refractivity contribution < 1.29 is 14.7 Å². The van der Waals surface area contributed by atoms with E-state index in [9.17, 15) is 20.0 Å². The van der Waals surface area contributed by atoms with Gasteiger partial charge < -0.3 is 15.0 Å². The largest absolute Gasteiger partial charge is 0.478 e. The Kier molecular flexibility index (Phi) is 7.61. The normalized spacial score (nSPS) is 11.7. The molecule has 5 aromatic rings. The number of amides is 1. The number of aromatic nitrogens is 1. The van der Waals surface area contributed by atoms with Gasteiger partial charge in [-0.25, -0.2) is 4.79 Å². The van der Waals surface area contributed by atoms with Gasteiger partial charge in [0.15, 0.2) is 0 Å². The van der Waals surface area contributed by atoms with Gasteiger partial charge in [-0.3, -0.25) is 4.79 Å². The lowest BCUT2D eigenvalue weighted by Gasteiger charge is -2.17. The number of carbonyl (C=O) groups is 2. The molecule has 0 unspecified atom stereocenters. The van der Waals surface area contributed by atoms with Gasteiger partial charge >= 0.3 is 5.97 Å².